The summed E-state index contributed by atoms with van der Waals surface area (Å²) >= 11 is 5.31. The Labute approximate surface area is 119 Å². The van der Waals surface area contributed by atoms with Gasteiger partial charge in [-0.1, -0.05) is 6.07 Å². The zero-order valence-electron chi connectivity index (χ0n) is 11.4. The molecule has 1 atom stereocenters. The highest BCUT2D eigenvalue weighted by Gasteiger charge is 2.09. The molecule has 0 aliphatic heterocycles. The normalized spacial score (nSPS) is 11.9. The molecule has 0 saturated carbocycles. The Morgan fingerprint density at radius 1 is 1.21 bits per heavy atom. The maximum absolute atomic E-state index is 5.33. The topological polar surface area (TPSA) is 37.2 Å². The first-order chi connectivity index (χ1) is 9.04. The monoisotopic (exact) mass is 274 g/mol. The molecule has 0 saturated heterocycles. The van der Waals surface area contributed by atoms with Crippen molar-refractivity contribution in [2.24, 2.45) is 0 Å². The van der Waals surface area contributed by atoms with Gasteiger partial charge in [0.15, 0.2) is 5.11 Å². The molecule has 0 unspecified atom stereocenters. The molecule has 1 heterocycles. The van der Waals surface area contributed by atoms with Gasteiger partial charge in [0.1, 0.15) is 5.76 Å². The predicted molar refractivity (Wildman–Crippen MR) is 82.4 cm³/mol. The molecular weight excluding hydrogens is 256 g/mol. The number of nitrogens with one attached hydrogen (secondary N) is 2. The molecule has 2 N–H and O–H groups in total. The van der Waals surface area contributed by atoms with E-state index in [0.29, 0.717) is 5.11 Å². The second-order valence-electron chi connectivity index (χ2n) is 4.71. The zero-order valence-corrected chi connectivity index (χ0v) is 12.2. The lowest BCUT2D eigenvalue weighted by atomic mass is 10.1. The minimum atomic E-state index is 0.0425. The van der Waals surface area contributed by atoms with E-state index in [2.05, 4.69) is 42.7 Å². The smallest absolute Gasteiger partial charge is 0.171 e. The number of hydrogen-bond acceptors (Lipinski definition) is 2. The van der Waals surface area contributed by atoms with Crippen LogP contribution in [0.15, 0.2) is 41.0 Å². The summed E-state index contributed by atoms with van der Waals surface area (Å²) < 4.78 is 5.33. The average Bonchev–Trinajstić information content (AvgIpc) is 2.80. The van der Waals surface area contributed by atoms with Gasteiger partial charge in [-0.2, -0.15) is 0 Å². The molecule has 0 aliphatic rings. The van der Waals surface area contributed by atoms with E-state index in [1.54, 1.807) is 6.26 Å². The van der Waals surface area contributed by atoms with Gasteiger partial charge in [0, 0.05) is 5.69 Å². The van der Waals surface area contributed by atoms with Crippen LogP contribution in [0.5, 0.6) is 0 Å². The number of aryl methyl sites for hydroxylation is 2. The van der Waals surface area contributed by atoms with Gasteiger partial charge in [0.05, 0.1) is 12.3 Å². The number of benzene rings is 1. The third kappa shape index (κ3) is 3.83. The van der Waals surface area contributed by atoms with Gasteiger partial charge in [-0.25, -0.2) is 0 Å². The van der Waals surface area contributed by atoms with Gasteiger partial charge in [0.2, 0.25) is 0 Å². The summed E-state index contributed by atoms with van der Waals surface area (Å²) in [4.78, 5) is 0. The molecule has 0 spiro atoms. The van der Waals surface area contributed by atoms with Crippen LogP contribution < -0.4 is 10.6 Å². The van der Waals surface area contributed by atoms with E-state index in [1.807, 2.05) is 19.1 Å². The van der Waals surface area contributed by atoms with Crippen LogP contribution in [-0.2, 0) is 0 Å². The fraction of sp³-hybridized carbons (Fsp3) is 0.267. The van der Waals surface area contributed by atoms with Gasteiger partial charge in [-0.3, -0.25) is 0 Å². The largest absolute Gasteiger partial charge is 0.467 e. The fourth-order valence-electron chi connectivity index (χ4n) is 2.02. The SMILES string of the molecule is Cc1cc(C)cc(NC(=S)N[C@@H](C)c2ccco2)c1. The Morgan fingerprint density at radius 3 is 2.47 bits per heavy atom. The molecule has 2 aromatic rings. The van der Waals surface area contributed by atoms with Crippen LogP contribution in [0.25, 0.3) is 0 Å². The highest BCUT2D eigenvalue weighted by molar-refractivity contribution is 7.80. The molecule has 1 aromatic carbocycles. The summed E-state index contributed by atoms with van der Waals surface area (Å²) in [5.74, 6) is 0.865. The Hall–Kier alpha value is -1.81. The van der Waals surface area contributed by atoms with Crippen LogP contribution >= 0.6 is 12.2 Å². The van der Waals surface area contributed by atoms with Crippen molar-refractivity contribution in [3.8, 4) is 0 Å². The van der Waals surface area contributed by atoms with Gasteiger partial charge in [-0.05, 0) is 68.4 Å². The Morgan fingerprint density at radius 2 is 1.89 bits per heavy atom. The Bertz CT molecular complexity index is 543. The van der Waals surface area contributed by atoms with Crippen LogP contribution in [0.3, 0.4) is 0 Å². The number of hydrogen-bond donors (Lipinski definition) is 2. The standard InChI is InChI=1S/C15H18N2OS/c1-10-7-11(2)9-13(8-10)17-15(19)16-12(3)14-5-4-6-18-14/h4-9,12H,1-3H3,(H2,16,17,19)/t12-/m0/s1. The van der Waals surface area contributed by atoms with Crippen molar-refractivity contribution in [3.05, 3.63) is 53.5 Å². The summed E-state index contributed by atoms with van der Waals surface area (Å²) in [5, 5.41) is 6.98. The molecule has 3 nitrogen and oxygen atoms in total. The third-order valence-electron chi connectivity index (χ3n) is 2.80. The molecule has 19 heavy (non-hydrogen) atoms. The van der Waals surface area contributed by atoms with E-state index >= 15 is 0 Å². The van der Waals surface area contributed by atoms with Gasteiger partial charge >= 0.3 is 0 Å². The molecule has 0 bridgehead atoms. The second kappa shape index (κ2) is 5.89. The molecule has 2 rings (SSSR count). The van der Waals surface area contributed by atoms with Crippen molar-refractivity contribution in [2.75, 3.05) is 5.32 Å². The molecule has 0 radical (unpaired) electrons. The third-order valence-corrected chi connectivity index (χ3v) is 3.02. The van der Waals surface area contributed by atoms with Crippen molar-refractivity contribution >= 4 is 23.0 Å². The van der Waals surface area contributed by atoms with Crippen molar-refractivity contribution in [1.82, 2.24) is 5.32 Å². The molecule has 1 aromatic heterocycles. The van der Waals surface area contributed by atoms with E-state index in [1.165, 1.54) is 11.1 Å². The van der Waals surface area contributed by atoms with Gasteiger partial charge in [-0.15, -0.1) is 0 Å². The van der Waals surface area contributed by atoms with E-state index < -0.39 is 0 Å². The van der Waals surface area contributed by atoms with Crippen LogP contribution in [0.4, 0.5) is 5.69 Å². The van der Waals surface area contributed by atoms with Crippen molar-refractivity contribution in [2.45, 2.75) is 26.8 Å². The van der Waals surface area contributed by atoms with Crippen LogP contribution in [-0.4, -0.2) is 5.11 Å². The number of anilines is 1. The Kier molecular flexibility index (Phi) is 4.22. The van der Waals surface area contributed by atoms with Crippen molar-refractivity contribution in [3.63, 3.8) is 0 Å². The molecule has 0 amide bonds. The van der Waals surface area contributed by atoms with Crippen molar-refractivity contribution in [1.29, 1.82) is 0 Å². The summed E-state index contributed by atoms with van der Waals surface area (Å²) in [5.41, 5.74) is 3.43. The quantitative estimate of drug-likeness (QED) is 0.831. The summed E-state index contributed by atoms with van der Waals surface area (Å²) in [7, 11) is 0. The molecule has 100 valence electrons. The van der Waals surface area contributed by atoms with Gasteiger partial charge in [0.25, 0.3) is 0 Å². The van der Waals surface area contributed by atoms with Gasteiger partial charge < -0.3 is 15.1 Å². The predicted octanol–water partition coefficient (Wildman–Crippen LogP) is 3.94. The van der Waals surface area contributed by atoms with E-state index in [9.17, 15) is 0 Å². The fourth-order valence-corrected chi connectivity index (χ4v) is 2.31. The first-order valence-electron chi connectivity index (χ1n) is 6.24. The average molecular weight is 274 g/mol. The highest BCUT2D eigenvalue weighted by Crippen LogP contribution is 2.15. The maximum Gasteiger partial charge on any atom is 0.171 e. The summed E-state index contributed by atoms with van der Waals surface area (Å²) in [6, 6.07) is 10.1. The molecule has 0 aliphatic carbocycles. The first-order valence-corrected chi connectivity index (χ1v) is 6.64. The lowest BCUT2D eigenvalue weighted by Gasteiger charge is -2.15. The van der Waals surface area contributed by atoms with E-state index in [0.717, 1.165) is 11.4 Å². The number of rotatable bonds is 3. The summed E-state index contributed by atoms with van der Waals surface area (Å²) in [6.07, 6.45) is 1.66. The molecule has 4 heteroatoms. The molecular formula is C15H18N2OS. The van der Waals surface area contributed by atoms with Crippen LogP contribution in [0, 0.1) is 13.8 Å². The molecule has 0 fully saturated rings. The van der Waals surface area contributed by atoms with Crippen LogP contribution in [0.2, 0.25) is 0 Å². The van der Waals surface area contributed by atoms with Crippen molar-refractivity contribution < 1.29 is 4.42 Å². The van der Waals surface area contributed by atoms with Crippen LogP contribution in [0.1, 0.15) is 29.9 Å². The zero-order chi connectivity index (χ0) is 13.8. The highest BCUT2D eigenvalue weighted by atomic mass is 32.1. The van der Waals surface area contributed by atoms with E-state index in [-0.39, 0.29) is 6.04 Å². The summed E-state index contributed by atoms with van der Waals surface area (Å²) in [6.45, 7) is 6.15. The second-order valence-corrected chi connectivity index (χ2v) is 5.12. The maximum atomic E-state index is 5.33. The number of thiocarbonyl (C=S) groups is 1. The lowest BCUT2D eigenvalue weighted by Crippen LogP contribution is -2.30. The lowest BCUT2D eigenvalue weighted by molar-refractivity contribution is 0.464. The number of furan rings is 1. The van der Waals surface area contributed by atoms with E-state index in [4.69, 9.17) is 16.6 Å². The minimum Gasteiger partial charge on any atom is -0.467 e. The first kappa shape index (κ1) is 13.6. The minimum absolute atomic E-state index is 0.0425. The Balaban J connectivity index is 1.97.